The predicted octanol–water partition coefficient (Wildman–Crippen LogP) is 25.5. The Labute approximate surface area is 705 Å². The molecule has 3 saturated carbocycles. The molecule has 0 radical (unpaired) electrons. The molecule has 13 heteroatoms. The minimum atomic E-state index is -1.32. The van der Waals surface area contributed by atoms with Crippen molar-refractivity contribution in [3.8, 4) is 67.0 Å². The van der Waals surface area contributed by atoms with Crippen molar-refractivity contribution in [2.24, 2.45) is 23.7 Å². The molecule has 5 aliphatic carbocycles. The summed E-state index contributed by atoms with van der Waals surface area (Å²) in [7, 11) is 2.78. The molecule has 2 N–H and O–H groups in total. The monoisotopic (exact) mass is 1590 g/mol. The van der Waals surface area contributed by atoms with E-state index in [2.05, 4.69) is 322 Å². The van der Waals surface area contributed by atoms with E-state index >= 15 is 0 Å². The molecule has 7 aromatic carbocycles. The van der Waals surface area contributed by atoms with E-state index in [-0.39, 0.29) is 78.8 Å². The van der Waals surface area contributed by atoms with Crippen LogP contribution in [0.2, 0.25) is 0 Å². The van der Waals surface area contributed by atoms with Crippen molar-refractivity contribution in [2.75, 3.05) is 14.2 Å². The van der Waals surface area contributed by atoms with Crippen LogP contribution in [0.3, 0.4) is 0 Å². The number of hydrogen-bond acceptors (Lipinski definition) is 11. The van der Waals surface area contributed by atoms with Gasteiger partial charge in [0.25, 0.3) is 0 Å². The molecule has 12 aromatic rings. The lowest BCUT2D eigenvalue weighted by molar-refractivity contribution is -0.165. The van der Waals surface area contributed by atoms with Gasteiger partial charge >= 0.3 is 11.9 Å². The Balaban J connectivity index is 0.918. The third kappa shape index (κ3) is 11.3. The van der Waals surface area contributed by atoms with Gasteiger partial charge in [-0.1, -0.05) is 263 Å². The fraction of sp³-hybridized carbons (Fsp3) is 0.402. The summed E-state index contributed by atoms with van der Waals surface area (Å²) < 4.78 is 17.3. The highest BCUT2D eigenvalue weighted by atomic mass is 16.7. The lowest BCUT2D eigenvalue weighted by Crippen LogP contribution is -2.66. The van der Waals surface area contributed by atoms with Crippen molar-refractivity contribution in [1.82, 2.24) is 39.9 Å². The standard InChI is InChI=1S/C107H112N8O5/c1-98(2,3)56-37-52(38-57(45-56)99(4,5)6)80-70-31-32-71(108-70)81(53-39-58(100(7,8)9)46-59(40-53)101(10,11)12)73-34-36-75(110-73)83(55-43-62(104(19,20)21)48-63(44-55)105(22,23)24)93-95-94(92(115-93)82(74-35-33-72(80)109-74)54-41-60(102(13,14)15)47-61(42-54)103(16,17)18)113-78-50-76-77(51-79(78)114-95)112-91-67-30-28-65-84-64(27-29-66(87(67)84)90(91)111-76)85-68-49-69(86(65)85)89-88(68)106(96(116)118-25)107(89,120-106)97(117)119-26/h27-48,50-51,68-69,85-86,88-89,108,115H,49H2,1-26H3/t68-,69+,85-,86+,88?,89?,106?,107?. The molecule has 5 aromatic heterocycles. The van der Waals surface area contributed by atoms with Crippen molar-refractivity contribution in [2.45, 2.75) is 239 Å². The quantitative estimate of drug-likeness (QED) is 0.0702. The second-order valence-corrected chi connectivity index (χ2v) is 44.3. The summed E-state index contributed by atoms with van der Waals surface area (Å²) in [6.45, 7) is 55.5. The molecule has 610 valence electrons. The van der Waals surface area contributed by atoms with Gasteiger partial charge in [0.2, 0.25) is 11.2 Å². The molecule has 3 aliphatic heterocycles. The normalized spacial score (nSPS) is 21.4. The van der Waals surface area contributed by atoms with Crippen LogP contribution >= 0.6 is 0 Å². The van der Waals surface area contributed by atoms with Crippen LogP contribution < -0.4 is 0 Å². The number of carbonyl (C=O) groups is 2. The van der Waals surface area contributed by atoms with Gasteiger partial charge in [0, 0.05) is 61.6 Å². The number of benzene rings is 7. The first-order valence-corrected chi connectivity index (χ1v) is 43.3. The van der Waals surface area contributed by atoms with E-state index in [0.717, 1.165) is 124 Å². The molecule has 0 amide bonds. The molecule has 13 nitrogen and oxygen atoms in total. The molecule has 8 atom stereocenters. The fourth-order valence-corrected chi connectivity index (χ4v) is 21.8. The highest BCUT2D eigenvalue weighted by Crippen LogP contribution is 2.86. The van der Waals surface area contributed by atoms with Gasteiger partial charge in [0.15, 0.2) is 0 Å². The van der Waals surface area contributed by atoms with Gasteiger partial charge in [-0.3, -0.25) is 0 Å². The van der Waals surface area contributed by atoms with E-state index in [1.54, 1.807) is 0 Å². The summed E-state index contributed by atoms with van der Waals surface area (Å²) in [5.74, 6) is -0.717. The van der Waals surface area contributed by atoms with Crippen LogP contribution in [0.5, 0.6) is 0 Å². The molecular formula is C107H112N8O5. The lowest BCUT2D eigenvalue weighted by atomic mass is 9.48. The fourth-order valence-electron chi connectivity index (χ4n) is 21.8. The zero-order chi connectivity index (χ0) is 85.0. The molecule has 20 rings (SSSR count). The summed E-state index contributed by atoms with van der Waals surface area (Å²) in [5.41, 5.74) is 30.3. The van der Waals surface area contributed by atoms with Crippen LogP contribution in [0.4, 0.5) is 0 Å². The Hall–Kier alpha value is -10.8. The first kappa shape index (κ1) is 77.8. The average Bonchev–Trinajstić information content (AvgIpc) is 1.42. The van der Waals surface area contributed by atoms with Crippen LogP contribution in [0.25, 0.3) is 157 Å². The van der Waals surface area contributed by atoms with E-state index < -0.39 is 23.1 Å². The van der Waals surface area contributed by atoms with E-state index in [4.69, 9.17) is 44.1 Å². The van der Waals surface area contributed by atoms with Crippen LogP contribution in [-0.2, 0) is 67.1 Å². The Morgan fingerprint density at radius 2 is 0.642 bits per heavy atom. The molecule has 4 unspecified atom stereocenters. The van der Waals surface area contributed by atoms with Crippen molar-refractivity contribution in [3.63, 3.8) is 0 Å². The number of rotatable bonds is 6. The second-order valence-electron chi connectivity index (χ2n) is 44.3. The highest BCUT2D eigenvalue weighted by molar-refractivity contribution is 6.19. The van der Waals surface area contributed by atoms with E-state index in [1.165, 1.54) is 75.2 Å². The average molecular weight is 1590 g/mol. The van der Waals surface area contributed by atoms with Gasteiger partial charge in [0.05, 0.1) is 81.5 Å². The largest absolute Gasteiger partial charge is 0.467 e. The van der Waals surface area contributed by atoms with Gasteiger partial charge in [0.1, 0.15) is 11.0 Å². The van der Waals surface area contributed by atoms with Crippen LogP contribution in [0, 0.1) is 23.7 Å². The first-order valence-electron chi connectivity index (χ1n) is 43.3. The van der Waals surface area contributed by atoms with E-state index in [9.17, 15) is 9.59 Å². The summed E-state index contributed by atoms with van der Waals surface area (Å²) in [4.78, 5) is 72.1. The van der Waals surface area contributed by atoms with Gasteiger partial charge in [-0.05, 0) is 205 Å². The van der Waals surface area contributed by atoms with Gasteiger partial charge in [-0.25, -0.2) is 39.5 Å². The van der Waals surface area contributed by atoms with Crippen LogP contribution in [0.15, 0.2) is 121 Å². The second kappa shape index (κ2) is 25.0. The summed E-state index contributed by atoms with van der Waals surface area (Å²) in [5, 5.41) is 2.40. The zero-order valence-electron chi connectivity index (χ0n) is 74.8. The molecule has 10 bridgehead atoms. The Morgan fingerprint density at radius 1 is 0.350 bits per heavy atom. The number of aromatic nitrogens is 8. The third-order valence-corrected chi connectivity index (χ3v) is 28.4. The number of H-pyrrole nitrogens is 2. The van der Waals surface area contributed by atoms with Gasteiger partial charge in [-0.15, -0.1) is 0 Å². The Kier molecular flexibility index (Phi) is 16.2. The number of carbonyl (C=O) groups excluding carboxylic acids is 2. The van der Waals surface area contributed by atoms with Crippen molar-refractivity contribution >= 4 is 102 Å². The Morgan fingerprint density at radius 3 is 0.942 bits per heavy atom. The number of aromatic amines is 2. The number of nitrogens with one attached hydrogen (secondary N) is 2. The molecular weight excluding hydrogens is 1480 g/mol. The van der Waals surface area contributed by atoms with E-state index in [0.29, 0.717) is 33.1 Å². The van der Waals surface area contributed by atoms with Gasteiger partial charge in [-0.2, -0.15) is 0 Å². The number of esters is 2. The summed E-state index contributed by atoms with van der Waals surface area (Å²) in [6, 6.07) is 46.7. The maximum Gasteiger partial charge on any atom is 0.342 e. The SMILES string of the molecule is COC(=O)C12OC1(C(=O)OC)C1C2[C@H]2C[C@@H]1[C@H]1c3ccc4c5c(ccc(c35)[C@H]12)-c1nc2cc3nc5c6[nH]c(c(-c7cc(C(C)(C)C)cc(C(C)(C)C)c7)c7nc(c(-c8cc(C(C)(C)C)cc(C(C)(C)C)c8)c8ccc([nH]8)c(-c8cc(C(C)(C)C)cc(C(C)(C)C)c8)c8nc(c6-c6cc(C(C)(C)C)cc(C(C)(C)C)c6)C=C8)C=C7)c5nc3cc2nc1-4. The number of fused-ring (bicyclic) bond motifs is 29. The molecule has 120 heavy (non-hydrogen) atoms. The number of hydrogen-bond donors (Lipinski definition) is 2. The molecule has 8 aliphatic rings. The van der Waals surface area contributed by atoms with Crippen LogP contribution in [-0.4, -0.2) is 77.2 Å². The molecule has 8 heterocycles. The van der Waals surface area contributed by atoms with Crippen molar-refractivity contribution < 1.29 is 23.8 Å². The topological polar surface area (TPSA) is 174 Å². The zero-order valence-corrected chi connectivity index (χ0v) is 74.8. The third-order valence-electron chi connectivity index (χ3n) is 28.4. The van der Waals surface area contributed by atoms with Gasteiger partial charge < -0.3 is 24.2 Å². The number of ether oxygens (including phenoxy) is 3. The maximum absolute atomic E-state index is 13.9. The molecule has 1 saturated heterocycles. The molecule has 4 fully saturated rings. The lowest BCUT2D eigenvalue weighted by Gasteiger charge is -2.49. The Bertz CT molecular complexity index is 6360. The number of epoxide rings is 1. The van der Waals surface area contributed by atoms with Crippen molar-refractivity contribution in [1.29, 1.82) is 0 Å². The predicted molar refractivity (Wildman–Crippen MR) is 490 cm³/mol. The van der Waals surface area contributed by atoms with Crippen LogP contribution in [0.1, 0.15) is 263 Å². The smallest absolute Gasteiger partial charge is 0.342 e. The highest BCUT2D eigenvalue weighted by Gasteiger charge is 3.00. The minimum Gasteiger partial charge on any atom is -0.467 e. The minimum absolute atomic E-state index is 0.119. The summed E-state index contributed by atoms with van der Waals surface area (Å²) >= 11 is 0. The molecule has 0 spiro atoms. The summed E-state index contributed by atoms with van der Waals surface area (Å²) in [6.07, 6.45) is 9.86. The van der Waals surface area contributed by atoms with Crippen molar-refractivity contribution in [3.05, 3.63) is 200 Å². The first-order chi connectivity index (χ1) is 56.2. The number of methoxy groups -OCH3 is 2. The number of nitrogens with zero attached hydrogens (tertiary/aromatic N) is 6. The maximum atomic E-state index is 13.9. The van der Waals surface area contributed by atoms with E-state index in [1.807, 2.05) is 0 Å².